The zero-order valence-electron chi connectivity index (χ0n) is 18.9. The van der Waals surface area contributed by atoms with Gasteiger partial charge in [-0.25, -0.2) is 0 Å². The van der Waals surface area contributed by atoms with E-state index in [0.717, 1.165) is 62.5 Å². The molecular formula is C27H39NO2. The molecule has 0 aliphatic rings. The van der Waals surface area contributed by atoms with Gasteiger partial charge in [0.25, 0.3) is 0 Å². The molecule has 0 saturated carbocycles. The largest absolute Gasteiger partial charge is 0.492 e. The number of aryl methyl sites for hydroxylation is 1. The van der Waals surface area contributed by atoms with Gasteiger partial charge in [-0.15, -0.1) is 0 Å². The number of rotatable bonds is 16. The Kier molecular flexibility index (Phi) is 12.6. The molecule has 0 aliphatic heterocycles. The SMILES string of the molecule is CC=CCCCCCOc1ccc(-c2ccc(CCCCCOCCC)cc2)nc1. The fourth-order valence-electron chi connectivity index (χ4n) is 3.33. The minimum Gasteiger partial charge on any atom is -0.492 e. The molecule has 0 aliphatic carbocycles. The molecule has 3 heteroatoms. The lowest BCUT2D eigenvalue weighted by atomic mass is 10.0. The Hall–Kier alpha value is -2.13. The van der Waals surface area contributed by atoms with Gasteiger partial charge in [0.15, 0.2) is 0 Å². The van der Waals surface area contributed by atoms with Gasteiger partial charge in [0, 0.05) is 18.8 Å². The van der Waals surface area contributed by atoms with Gasteiger partial charge in [0.05, 0.1) is 18.5 Å². The van der Waals surface area contributed by atoms with E-state index in [0.29, 0.717) is 0 Å². The number of hydrogen-bond donors (Lipinski definition) is 0. The van der Waals surface area contributed by atoms with E-state index in [1.165, 1.54) is 37.7 Å². The van der Waals surface area contributed by atoms with Crippen molar-refractivity contribution < 1.29 is 9.47 Å². The zero-order chi connectivity index (χ0) is 21.3. The minimum atomic E-state index is 0.760. The Morgan fingerprint density at radius 2 is 1.63 bits per heavy atom. The number of allylic oxidation sites excluding steroid dienone is 2. The summed E-state index contributed by atoms with van der Waals surface area (Å²) in [6, 6.07) is 12.9. The molecule has 2 rings (SSSR count). The van der Waals surface area contributed by atoms with Crippen LogP contribution in [0.1, 0.15) is 70.8 Å². The highest BCUT2D eigenvalue weighted by Crippen LogP contribution is 2.21. The van der Waals surface area contributed by atoms with Crippen LogP contribution in [-0.2, 0) is 11.2 Å². The van der Waals surface area contributed by atoms with E-state index >= 15 is 0 Å². The Morgan fingerprint density at radius 1 is 0.833 bits per heavy atom. The van der Waals surface area contributed by atoms with E-state index in [2.05, 4.69) is 55.2 Å². The van der Waals surface area contributed by atoms with Crippen LogP contribution in [0.3, 0.4) is 0 Å². The minimum absolute atomic E-state index is 0.760. The van der Waals surface area contributed by atoms with Gasteiger partial charge in [0.2, 0.25) is 0 Å². The first-order valence-electron chi connectivity index (χ1n) is 11.7. The summed E-state index contributed by atoms with van der Waals surface area (Å²) in [6.45, 7) is 6.77. The Bertz CT molecular complexity index is 692. The maximum Gasteiger partial charge on any atom is 0.137 e. The van der Waals surface area contributed by atoms with Crippen LogP contribution in [0.15, 0.2) is 54.7 Å². The predicted octanol–water partition coefficient (Wildman–Crippen LogP) is 7.40. The first kappa shape index (κ1) is 24.1. The summed E-state index contributed by atoms with van der Waals surface area (Å²) in [4.78, 5) is 4.58. The van der Waals surface area contributed by atoms with E-state index in [1.807, 2.05) is 18.3 Å². The molecule has 0 spiro atoms. The molecule has 0 N–H and O–H groups in total. The van der Waals surface area contributed by atoms with E-state index in [-0.39, 0.29) is 0 Å². The van der Waals surface area contributed by atoms with E-state index in [1.54, 1.807) is 0 Å². The molecule has 2 aromatic rings. The second kappa shape index (κ2) is 15.7. The van der Waals surface area contributed by atoms with Crippen molar-refractivity contribution in [2.45, 2.75) is 71.6 Å². The summed E-state index contributed by atoms with van der Waals surface area (Å²) >= 11 is 0. The second-order valence-electron chi connectivity index (χ2n) is 7.77. The lowest BCUT2D eigenvalue weighted by Crippen LogP contribution is -1.98. The molecule has 1 aromatic carbocycles. The number of benzene rings is 1. The first-order chi connectivity index (χ1) is 14.8. The van der Waals surface area contributed by atoms with Crippen LogP contribution >= 0.6 is 0 Å². The number of unbranched alkanes of at least 4 members (excludes halogenated alkanes) is 5. The van der Waals surface area contributed by atoms with Crippen molar-refractivity contribution >= 4 is 0 Å². The van der Waals surface area contributed by atoms with Crippen molar-refractivity contribution in [3.05, 3.63) is 60.3 Å². The number of aromatic nitrogens is 1. The van der Waals surface area contributed by atoms with Crippen molar-refractivity contribution in [3.63, 3.8) is 0 Å². The molecule has 0 fully saturated rings. The third-order valence-corrected chi connectivity index (χ3v) is 5.11. The fraction of sp³-hybridized carbons (Fsp3) is 0.519. The molecule has 0 saturated heterocycles. The average Bonchev–Trinajstić information content (AvgIpc) is 2.79. The highest BCUT2D eigenvalue weighted by Gasteiger charge is 2.02. The molecular weight excluding hydrogens is 370 g/mol. The molecule has 30 heavy (non-hydrogen) atoms. The number of nitrogens with zero attached hydrogens (tertiary/aromatic N) is 1. The summed E-state index contributed by atoms with van der Waals surface area (Å²) in [6.07, 6.45) is 16.7. The summed E-state index contributed by atoms with van der Waals surface area (Å²) in [7, 11) is 0. The van der Waals surface area contributed by atoms with Crippen LogP contribution in [-0.4, -0.2) is 24.8 Å². The van der Waals surface area contributed by atoms with Crippen molar-refractivity contribution in [3.8, 4) is 17.0 Å². The van der Waals surface area contributed by atoms with E-state index < -0.39 is 0 Å². The summed E-state index contributed by atoms with van der Waals surface area (Å²) in [5, 5.41) is 0. The highest BCUT2D eigenvalue weighted by atomic mass is 16.5. The van der Waals surface area contributed by atoms with Crippen LogP contribution in [0.2, 0.25) is 0 Å². The highest BCUT2D eigenvalue weighted by molar-refractivity contribution is 5.59. The maximum atomic E-state index is 5.82. The van der Waals surface area contributed by atoms with Crippen LogP contribution in [0.5, 0.6) is 5.75 Å². The van der Waals surface area contributed by atoms with Crippen molar-refractivity contribution in [2.24, 2.45) is 0 Å². The summed E-state index contributed by atoms with van der Waals surface area (Å²) in [5.74, 6) is 0.853. The normalized spacial score (nSPS) is 11.3. The quantitative estimate of drug-likeness (QED) is 0.214. The number of hydrogen-bond acceptors (Lipinski definition) is 3. The molecule has 0 atom stereocenters. The predicted molar refractivity (Wildman–Crippen MR) is 127 cm³/mol. The van der Waals surface area contributed by atoms with Crippen LogP contribution in [0.4, 0.5) is 0 Å². The summed E-state index contributed by atoms with van der Waals surface area (Å²) < 4.78 is 11.4. The maximum absolute atomic E-state index is 5.82. The lowest BCUT2D eigenvalue weighted by Gasteiger charge is -2.08. The van der Waals surface area contributed by atoms with Crippen molar-refractivity contribution in [2.75, 3.05) is 19.8 Å². The monoisotopic (exact) mass is 409 g/mol. The summed E-state index contributed by atoms with van der Waals surface area (Å²) in [5.41, 5.74) is 3.54. The van der Waals surface area contributed by atoms with E-state index in [4.69, 9.17) is 9.47 Å². The van der Waals surface area contributed by atoms with Crippen LogP contribution in [0, 0.1) is 0 Å². The van der Waals surface area contributed by atoms with Gasteiger partial charge in [-0.2, -0.15) is 0 Å². The zero-order valence-corrected chi connectivity index (χ0v) is 18.9. The molecule has 0 unspecified atom stereocenters. The van der Waals surface area contributed by atoms with Gasteiger partial charge in [-0.3, -0.25) is 4.98 Å². The molecule has 0 bridgehead atoms. The standard InChI is InChI=1S/C27H39NO2/c1-3-5-6-7-8-12-22-30-26-18-19-27(28-23-26)25-16-14-24(15-17-25)13-10-9-11-21-29-20-4-2/h3,5,14-19,23H,4,6-13,20-22H2,1-2H3. The molecule has 0 radical (unpaired) electrons. The Balaban J connectivity index is 1.67. The van der Waals surface area contributed by atoms with Crippen molar-refractivity contribution in [1.29, 1.82) is 0 Å². The lowest BCUT2D eigenvalue weighted by molar-refractivity contribution is 0.130. The molecule has 1 heterocycles. The Morgan fingerprint density at radius 3 is 2.37 bits per heavy atom. The van der Waals surface area contributed by atoms with Crippen molar-refractivity contribution in [1.82, 2.24) is 4.98 Å². The molecule has 1 aromatic heterocycles. The first-order valence-corrected chi connectivity index (χ1v) is 11.7. The molecule has 164 valence electrons. The topological polar surface area (TPSA) is 31.4 Å². The number of ether oxygens (including phenoxy) is 2. The Labute approximate surface area is 183 Å². The molecule has 0 amide bonds. The third kappa shape index (κ3) is 10.1. The van der Waals surface area contributed by atoms with Gasteiger partial charge >= 0.3 is 0 Å². The van der Waals surface area contributed by atoms with Crippen LogP contribution < -0.4 is 4.74 Å². The smallest absolute Gasteiger partial charge is 0.137 e. The average molecular weight is 410 g/mol. The van der Waals surface area contributed by atoms with Gasteiger partial charge in [0.1, 0.15) is 5.75 Å². The van der Waals surface area contributed by atoms with Gasteiger partial charge < -0.3 is 9.47 Å². The fourth-order valence-corrected chi connectivity index (χ4v) is 3.33. The van der Waals surface area contributed by atoms with Crippen LogP contribution in [0.25, 0.3) is 11.3 Å². The van der Waals surface area contributed by atoms with Gasteiger partial charge in [-0.05, 0) is 76.0 Å². The van der Waals surface area contributed by atoms with Gasteiger partial charge in [-0.1, -0.05) is 49.8 Å². The van der Waals surface area contributed by atoms with E-state index in [9.17, 15) is 0 Å². The third-order valence-electron chi connectivity index (χ3n) is 5.11. The molecule has 3 nitrogen and oxygen atoms in total. The number of pyridine rings is 1. The second-order valence-corrected chi connectivity index (χ2v) is 7.77.